The minimum atomic E-state index is -3.49. The molecule has 0 aromatic heterocycles. The second-order valence-corrected chi connectivity index (χ2v) is 9.36. The highest BCUT2D eigenvalue weighted by Crippen LogP contribution is 2.23. The summed E-state index contributed by atoms with van der Waals surface area (Å²) in [5.74, 6) is 0.384. The maximum atomic E-state index is 12.6. The Bertz CT molecular complexity index is 1130. The molecule has 0 heterocycles. The van der Waals surface area contributed by atoms with Crippen molar-refractivity contribution in [1.82, 2.24) is 0 Å². The van der Waals surface area contributed by atoms with E-state index in [1.165, 1.54) is 10.6 Å². The molecule has 0 spiro atoms. The Balaban J connectivity index is 1.75. The summed E-state index contributed by atoms with van der Waals surface area (Å²) in [6, 6.07) is 23.0. The number of carbonyl (C=O) groups is 1. The lowest BCUT2D eigenvalue weighted by Crippen LogP contribution is -2.29. The van der Waals surface area contributed by atoms with Crippen molar-refractivity contribution in [1.29, 1.82) is 0 Å². The maximum Gasteiger partial charge on any atom is 0.255 e. The van der Waals surface area contributed by atoms with E-state index in [0.29, 0.717) is 22.7 Å². The number of amides is 1. The van der Waals surface area contributed by atoms with Crippen LogP contribution in [0.3, 0.4) is 0 Å². The monoisotopic (exact) mass is 438 g/mol. The summed E-state index contributed by atoms with van der Waals surface area (Å²) >= 11 is 0. The van der Waals surface area contributed by atoms with Gasteiger partial charge in [0.1, 0.15) is 5.75 Å². The fourth-order valence-electron chi connectivity index (χ4n) is 3.05. The smallest absolute Gasteiger partial charge is 0.255 e. The van der Waals surface area contributed by atoms with Crippen molar-refractivity contribution in [3.05, 3.63) is 90.0 Å². The highest BCUT2D eigenvalue weighted by molar-refractivity contribution is 7.92. The summed E-state index contributed by atoms with van der Waals surface area (Å²) in [5, 5.41) is 2.84. The quantitative estimate of drug-likeness (QED) is 0.553. The standard InChI is InChI=1S/C24H26N2O4S/c1-18(2)30-23-11-7-10-21(16-23)25-24(27)20-12-14-22(15-13-20)26(31(3,28)29)17-19-8-5-4-6-9-19/h4-16,18H,17H2,1-3H3,(H,25,27). The minimum absolute atomic E-state index is 0.0344. The molecule has 0 aliphatic rings. The number of anilines is 2. The van der Waals surface area contributed by atoms with E-state index >= 15 is 0 Å². The van der Waals surface area contributed by atoms with Crippen LogP contribution in [0.15, 0.2) is 78.9 Å². The summed E-state index contributed by atoms with van der Waals surface area (Å²) in [5.41, 5.74) is 2.41. The minimum Gasteiger partial charge on any atom is -0.491 e. The number of carbonyl (C=O) groups excluding carboxylic acids is 1. The molecule has 0 atom stereocenters. The summed E-state index contributed by atoms with van der Waals surface area (Å²) in [6.07, 6.45) is 1.20. The summed E-state index contributed by atoms with van der Waals surface area (Å²) < 4.78 is 31.6. The molecule has 0 aliphatic heterocycles. The van der Waals surface area contributed by atoms with Gasteiger partial charge in [0.25, 0.3) is 5.91 Å². The number of ether oxygens (including phenoxy) is 1. The molecule has 0 radical (unpaired) electrons. The second kappa shape index (κ2) is 9.66. The molecule has 0 unspecified atom stereocenters. The van der Waals surface area contributed by atoms with Crippen molar-refractivity contribution in [2.24, 2.45) is 0 Å². The lowest BCUT2D eigenvalue weighted by molar-refractivity contribution is 0.102. The Hall–Kier alpha value is -3.32. The first-order chi connectivity index (χ1) is 14.7. The lowest BCUT2D eigenvalue weighted by atomic mass is 10.1. The zero-order valence-corrected chi connectivity index (χ0v) is 18.6. The van der Waals surface area contributed by atoms with E-state index in [-0.39, 0.29) is 18.6 Å². The van der Waals surface area contributed by atoms with Gasteiger partial charge in [-0.25, -0.2) is 8.42 Å². The van der Waals surface area contributed by atoms with Crippen molar-refractivity contribution in [3.63, 3.8) is 0 Å². The first-order valence-corrected chi connectivity index (χ1v) is 11.8. The van der Waals surface area contributed by atoms with Gasteiger partial charge >= 0.3 is 0 Å². The van der Waals surface area contributed by atoms with Crippen LogP contribution in [0.2, 0.25) is 0 Å². The van der Waals surface area contributed by atoms with Crippen LogP contribution in [0.25, 0.3) is 0 Å². The van der Waals surface area contributed by atoms with E-state index in [4.69, 9.17) is 4.74 Å². The molecule has 3 aromatic rings. The molecule has 1 amide bonds. The van der Waals surface area contributed by atoms with Crippen LogP contribution in [0.5, 0.6) is 5.75 Å². The number of rotatable bonds is 8. The third kappa shape index (κ3) is 6.33. The number of nitrogens with zero attached hydrogens (tertiary/aromatic N) is 1. The average Bonchev–Trinajstić information content (AvgIpc) is 2.72. The topological polar surface area (TPSA) is 75.7 Å². The van der Waals surface area contributed by atoms with Crippen LogP contribution >= 0.6 is 0 Å². The summed E-state index contributed by atoms with van der Waals surface area (Å²) in [6.45, 7) is 4.09. The van der Waals surface area contributed by atoms with Crippen molar-refractivity contribution < 1.29 is 17.9 Å². The predicted octanol–water partition coefficient (Wildman–Crippen LogP) is 4.69. The molecule has 31 heavy (non-hydrogen) atoms. The number of hydrogen-bond acceptors (Lipinski definition) is 4. The molecule has 162 valence electrons. The third-order valence-corrected chi connectivity index (χ3v) is 5.59. The van der Waals surface area contributed by atoms with E-state index in [9.17, 15) is 13.2 Å². The van der Waals surface area contributed by atoms with Gasteiger partial charge in [-0.15, -0.1) is 0 Å². The van der Waals surface area contributed by atoms with E-state index in [1.54, 1.807) is 36.4 Å². The zero-order valence-electron chi connectivity index (χ0n) is 17.8. The Kier molecular flexibility index (Phi) is 6.97. The predicted molar refractivity (Wildman–Crippen MR) is 124 cm³/mol. The molecule has 0 bridgehead atoms. The summed E-state index contributed by atoms with van der Waals surface area (Å²) in [7, 11) is -3.49. The second-order valence-electron chi connectivity index (χ2n) is 7.45. The first kappa shape index (κ1) is 22.4. The fraction of sp³-hybridized carbons (Fsp3) is 0.208. The molecular formula is C24H26N2O4S. The summed E-state index contributed by atoms with van der Waals surface area (Å²) in [4.78, 5) is 12.6. The molecule has 3 aromatic carbocycles. The van der Waals surface area contributed by atoms with E-state index in [1.807, 2.05) is 56.3 Å². The molecule has 1 N–H and O–H groups in total. The van der Waals surface area contributed by atoms with E-state index in [2.05, 4.69) is 5.32 Å². The molecule has 6 nitrogen and oxygen atoms in total. The van der Waals surface area contributed by atoms with Crippen LogP contribution in [0.1, 0.15) is 29.8 Å². The zero-order chi connectivity index (χ0) is 22.4. The Morgan fingerprint density at radius 2 is 1.65 bits per heavy atom. The Morgan fingerprint density at radius 1 is 0.968 bits per heavy atom. The van der Waals surface area contributed by atoms with E-state index < -0.39 is 10.0 Å². The molecule has 3 rings (SSSR count). The van der Waals surface area contributed by atoms with Gasteiger partial charge < -0.3 is 10.1 Å². The Labute approximate surface area is 183 Å². The number of hydrogen-bond donors (Lipinski definition) is 1. The van der Waals surface area contributed by atoms with Crippen molar-refractivity contribution in [2.45, 2.75) is 26.5 Å². The normalized spacial score (nSPS) is 11.2. The third-order valence-electron chi connectivity index (χ3n) is 4.45. The van der Waals surface area contributed by atoms with Crippen molar-refractivity contribution >= 4 is 27.3 Å². The molecular weight excluding hydrogens is 412 g/mol. The number of sulfonamides is 1. The van der Waals surface area contributed by atoms with Crippen LogP contribution in [-0.2, 0) is 16.6 Å². The molecule has 0 fully saturated rings. The van der Waals surface area contributed by atoms with Crippen LogP contribution in [0.4, 0.5) is 11.4 Å². The molecule has 0 aliphatic carbocycles. The van der Waals surface area contributed by atoms with Gasteiger partial charge in [-0.2, -0.15) is 0 Å². The van der Waals surface area contributed by atoms with Gasteiger partial charge in [0.15, 0.2) is 0 Å². The van der Waals surface area contributed by atoms with Gasteiger partial charge in [0.05, 0.1) is 24.6 Å². The van der Waals surface area contributed by atoms with Crippen molar-refractivity contribution in [2.75, 3.05) is 15.9 Å². The van der Waals surface area contributed by atoms with Crippen LogP contribution < -0.4 is 14.4 Å². The van der Waals surface area contributed by atoms with Crippen LogP contribution in [-0.4, -0.2) is 26.7 Å². The van der Waals surface area contributed by atoms with E-state index in [0.717, 1.165) is 5.56 Å². The highest BCUT2D eigenvalue weighted by Gasteiger charge is 2.18. The fourth-order valence-corrected chi connectivity index (χ4v) is 3.94. The van der Waals surface area contributed by atoms with Gasteiger partial charge in [-0.05, 0) is 55.8 Å². The SMILES string of the molecule is CC(C)Oc1cccc(NC(=O)c2ccc(N(Cc3ccccc3)S(C)(=O)=O)cc2)c1. The Morgan fingerprint density at radius 3 is 2.26 bits per heavy atom. The number of nitrogens with one attached hydrogen (secondary N) is 1. The highest BCUT2D eigenvalue weighted by atomic mass is 32.2. The lowest BCUT2D eigenvalue weighted by Gasteiger charge is -2.22. The number of benzene rings is 3. The maximum absolute atomic E-state index is 12.6. The molecule has 0 saturated heterocycles. The largest absolute Gasteiger partial charge is 0.491 e. The average molecular weight is 439 g/mol. The van der Waals surface area contributed by atoms with Gasteiger partial charge in [-0.3, -0.25) is 9.10 Å². The molecule has 0 saturated carbocycles. The van der Waals surface area contributed by atoms with Crippen LogP contribution in [0, 0.1) is 0 Å². The molecule has 7 heteroatoms. The first-order valence-electron chi connectivity index (χ1n) is 9.92. The van der Waals surface area contributed by atoms with Crippen molar-refractivity contribution in [3.8, 4) is 5.75 Å². The van der Waals surface area contributed by atoms with Gasteiger partial charge in [-0.1, -0.05) is 36.4 Å². The van der Waals surface area contributed by atoms with Gasteiger partial charge in [0, 0.05) is 17.3 Å². The van der Waals surface area contributed by atoms with Gasteiger partial charge in [0.2, 0.25) is 10.0 Å².